The molecule has 2 aromatic rings. The van der Waals surface area contributed by atoms with E-state index in [1.807, 2.05) is 45.9 Å². The molecule has 0 spiro atoms. The fraction of sp³-hybridized carbons (Fsp3) is 0.480. The Labute approximate surface area is 190 Å². The number of methoxy groups -OCH3 is 1. The smallest absolute Gasteiger partial charge is 0.257 e. The van der Waals surface area contributed by atoms with Gasteiger partial charge in [0.25, 0.3) is 5.91 Å². The van der Waals surface area contributed by atoms with Crippen LogP contribution in [0.4, 0.5) is 5.69 Å². The van der Waals surface area contributed by atoms with Gasteiger partial charge in [0.05, 0.1) is 18.4 Å². The second kappa shape index (κ2) is 10.1. The van der Waals surface area contributed by atoms with Gasteiger partial charge in [-0.1, -0.05) is 6.07 Å². The maximum absolute atomic E-state index is 12.7. The summed E-state index contributed by atoms with van der Waals surface area (Å²) < 4.78 is 5.44. The second-order valence-electron chi connectivity index (χ2n) is 9.53. The molecule has 0 unspecified atom stereocenters. The highest BCUT2D eigenvalue weighted by molar-refractivity contribution is 6.05. The third kappa shape index (κ3) is 6.53. The minimum absolute atomic E-state index is 0.0686. The zero-order chi connectivity index (χ0) is 23.3. The van der Waals surface area contributed by atoms with Crippen molar-refractivity contribution in [1.82, 2.24) is 15.2 Å². The van der Waals surface area contributed by atoms with Gasteiger partial charge in [-0.25, -0.2) is 0 Å². The van der Waals surface area contributed by atoms with Crippen LogP contribution in [-0.4, -0.2) is 47.4 Å². The monoisotopic (exact) mass is 438 g/mol. The number of nitrogens with one attached hydrogen (secondary N) is 2. The van der Waals surface area contributed by atoms with Crippen molar-refractivity contribution < 1.29 is 14.3 Å². The van der Waals surface area contributed by atoms with E-state index in [2.05, 4.69) is 20.5 Å². The predicted molar refractivity (Wildman–Crippen MR) is 126 cm³/mol. The molecule has 1 saturated heterocycles. The number of amides is 2. The normalized spacial score (nSPS) is 15.3. The van der Waals surface area contributed by atoms with Crippen molar-refractivity contribution in [3.63, 3.8) is 0 Å². The number of carbonyl (C=O) groups is 2. The van der Waals surface area contributed by atoms with E-state index in [4.69, 9.17) is 4.74 Å². The van der Waals surface area contributed by atoms with Crippen molar-refractivity contribution in [2.75, 3.05) is 25.5 Å². The summed E-state index contributed by atoms with van der Waals surface area (Å²) in [7, 11) is 1.59. The van der Waals surface area contributed by atoms with E-state index in [-0.39, 0.29) is 23.3 Å². The Kier molecular flexibility index (Phi) is 7.51. The number of benzene rings is 1. The standard InChI is InChI=1S/C25H34N4O3/c1-17-12-20(15-26-14-17)23(30)27-21-13-18(6-7-22(21)32-5)16-29-10-8-19(9-11-29)24(31)28-25(2,3)4/h6-7,12-15,19H,8-11,16H2,1-5H3,(H,27,30)(H,28,31). The maximum atomic E-state index is 12.7. The van der Waals surface area contributed by atoms with E-state index >= 15 is 0 Å². The number of hydrogen-bond donors (Lipinski definition) is 2. The molecule has 0 aliphatic carbocycles. The highest BCUT2D eigenvalue weighted by Crippen LogP contribution is 2.28. The number of rotatable bonds is 6. The average molecular weight is 439 g/mol. The molecule has 0 bridgehead atoms. The van der Waals surface area contributed by atoms with Gasteiger partial charge in [0.1, 0.15) is 5.75 Å². The lowest BCUT2D eigenvalue weighted by Gasteiger charge is -2.33. The number of hydrogen-bond acceptors (Lipinski definition) is 5. The summed E-state index contributed by atoms with van der Waals surface area (Å²) in [6.07, 6.45) is 4.97. The van der Waals surface area contributed by atoms with Gasteiger partial charge < -0.3 is 15.4 Å². The molecule has 0 radical (unpaired) electrons. The summed E-state index contributed by atoms with van der Waals surface area (Å²) >= 11 is 0. The Balaban J connectivity index is 1.62. The lowest BCUT2D eigenvalue weighted by atomic mass is 9.94. The van der Waals surface area contributed by atoms with Crippen LogP contribution in [-0.2, 0) is 11.3 Å². The zero-order valence-electron chi connectivity index (χ0n) is 19.7. The minimum Gasteiger partial charge on any atom is -0.495 e. The first-order valence-corrected chi connectivity index (χ1v) is 11.1. The fourth-order valence-electron chi connectivity index (χ4n) is 3.91. The second-order valence-corrected chi connectivity index (χ2v) is 9.53. The molecule has 7 nitrogen and oxygen atoms in total. The lowest BCUT2D eigenvalue weighted by Crippen LogP contribution is -2.46. The summed E-state index contributed by atoms with van der Waals surface area (Å²) in [4.78, 5) is 31.6. The first-order valence-electron chi connectivity index (χ1n) is 11.1. The molecule has 2 amide bonds. The summed E-state index contributed by atoms with van der Waals surface area (Å²) in [6.45, 7) is 10.4. The zero-order valence-corrected chi connectivity index (χ0v) is 19.7. The number of aryl methyl sites for hydroxylation is 1. The molecule has 2 N–H and O–H groups in total. The van der Waals surface area contributed by atoms with Crippen molar-refractivity contribution in [2.24, 2.45) is 5.92 Å². The molecule has 0 atom stereocenters. The quantitative estimate of drug-likeness (QED) is 0.717. The topological polar surface area (TPSA) is 83.6 Å². The van der Waals surface area contributed by atoms with Crippen LogP contribution in [0.2, 0.25) is 0 Å². The Bertz CT molecular complexity index is 960. The number of aromatic nitrogens is 1. The first kappa shape index (κ1) is 23.7. The Morgan fingerprint density at radius 1 is 1.16 bits per heavy atom. The van der Waals surface area contributed by atoms with Gasteiger partial charge in [0.15, 0.2) is 0 Å². The van der Waals surface area contributed by atoms with Crippen molar-refractivity contribution in [2.45, 2.75) is 52.6 Å². The molecule has 32 heavy (non-hydrogen) atoms. The number of likely N-dealkylation sites (tertiary alicyclic amines) is 1. The molecule has 2 heterocycles. The van der Waals surface area contributed by atoms with Crippen LogP contribution in [0.15, 0.2) is 36.7 Å². The van der Waals surface area contributed by atoms with Crippen LogP contribution in [0, 0.1) is 12.8 Å². The van der Waals surface area contributed by atoms with Crippen molar-refractivity contribution in [3.05, 3.63) is 53.3 Å². The van der Waals surface area contributed by atoms with E-state index in [0.717, 1.165) is 43.6 Å². The highest BCUT2D eigenvalue weighted by atomic mass is 16.5. The summed E-state index contributed by atoms with van der Waals surface area (Å²) in [6, 6.07) is 7.65. The summed E-state index contributed by atoms with van der Waals surface area (Å²) in [5.41, 5.74) is 2.95. The highest BCUT2D eigenvalue weighted by Gasteiger charge is 2.27. The molecule has 1 aliphatic rings. The number of ether oxygens (including phenoxy) is 1. The SMILES string of the molecule is COc1ccc(CN2CCC(C(=O)NC(C)(C)C)CC2)cc1NC(=O)c1cncc(C)c1. The number of carbonyl (C=O) groups excluding carboxylic acids is 2. The van der Waals surface area contributed by atoms with Crippen LogP contribution in [0.3, 0.4) is 0 Å². The third-order valence-corrected chi connectivity index (χ3v) is 5.51. The average Bonchev–Trinajstić information content (AvgIpc) is 2.73. The fourth-order valence-corrected chi connectivity index (χ4v) is 3.91. The molecule has 1 aromatic carbocycles. The summed E-state index contributed by atoms with van der Waals surface area (Å²) in [5, 5.41) is 6.04. The number of pyridine rings is 1. The third-order valence-electron chi connectivity index (χ3n) is 5.51. The van der Waals surface area contributed by atoms with E-state index in [1.165, 1.54) is 0 Å². The van der Waals surface area contributed by atoms with E-state index < -0.39 is 0 Å². The molecule has 1 aliphatic heterocycles. The van der Waals surface area contributed by atoms with Gasteiger partial charge in [-0.05, 0) is 83.0 Å². The Morgan fingerprint density at radius 3 is 2.50 bits per heavy atom. The van der Waals surface area contributed by atoms with Gasteiger partial charge in [-0.3, -0.25) is 19.5 Å². The number of nitrogens with zero attached hydrogens (tertiary/aromatic N) is 2. The molecule has 1 fully saturated rings. The molecule has 172 valence electrons. The Hall–Kier alpha value is -2.93. The van der Waals surface area contributed by atoms with Gasteiger partial charge >= 0.3 is 0 Å². The van der Waals surface area contributed by atoms with Gasteiger partial charge in [0.2, 0.25) is 5.91 Å². The van der Waals surface area contributed by atoms with Crippen LogP contribution < -0.4 is 15.4 Å². The molecule has 1 aromatic heterocycles. The Morgan fingerprint density at radius 2 is 1.88 bits per heavy atom. The van der Waals surface area contributed by atoms with Gasteiger partial charge in [-0.2, -0.15) is 0 Å². The van der Waals surface area contributed by atoms with E-state index in [1.54, 1.807) is 25.6 Å². The van der Waals surface area contributed by atoms with Crippen molar-refractivity contribution >= 4 is 17.5 Å². The number of anilines is 1. The largest absolute Gasteiger partial charge is 0.495 e. The molecular weight excluding hydrogens is 404 g/mol. The first-order chi connectivity index (χ1) is 15.1. The summed E-state index contributed by atoms with van der Waals surface area (Å²) in [5.74, 6) is 0.610. The molecule has 3 rings (SSSR count). The minimum atomic E-state index is -0.220. The van der Waals surface area contributed by atoms with E-state index in [0.29, 0.717) is 17.0 Å². The number of piperidine rings is 1. The predicted octanol–water partition coefficient (Wildman–Crippen LogP) is 3.78. The van der Waals surface area contributed by atoms with Crippen LogP contribution in [0.25, 0.3) is 0 Å². The molecule has 0 saturated carbocycles. The van der Waals surface area contributed by atoms with Crippen molar-refractivity contribution in [3.8, 4) is 5.75 Å². The molecular formula is C25H34N4O3. The lowest BCUT2D eigenvalue weighted by molar-refractivity contribution is -0.127. The van der Waals surface area contributed by atoms with E-state index in [9.17, 15) is 9.59 Å². The van der Waals surface area contributed by atoms with Crippen LogP contribution >= 0.6 is 0 Å². The van der Waals surface area contributed by atoms with Crippen LogP contribution in [0.5, 0.6) is 5.75 Å². The van der Waals surface area contributed by atoms with Gasteiger partial charge in [-0.15, -0.1) is 0 Å². The van der Waals surface area contributed by atoms with Crippen molar-refractivity contribution in [1.29, 1.82) is 0 Å². The van der Waals surface area contributed by atoms with Gasteiger partial charge in [0, 0.05) is 30.4 Å². The maximum Gasteiger partial charge on any atom is 0.257 e. The van der Waals surface area contributed by atoms with Crippen LogP contribution in [0.1, 0.15) is 55.1 Å². The molecule has 7 heteroatoms.